The third-order valence-electron chi connectivity index (χ3n) is 1.98. The van der Waals surface area contributed by atoms with E-state index in [0.29, 0.717) is 11.4 Å². The van der Waals surface area contributed by atoms with Crippen molar-refractivity contribution in [3.05, 3.63) is 28.3 Å². The van der Waals surface area contributed by atoms with Gasteiger partial charge in [-0.15, -0.1) is 0 Å². The fraction of sp³-hybridized carbons (Fsp3) is 0.100. The Morgan fingerprint density at radius 1 is 1.39 bits per heavy atom. The minimum Gasteiger partial charge on any atom is -0.386 e. The van der Waals surface area contributed by atoms with Crippen LogP contribution in [0.5, 0.6) is 0 Å². The number of hydrogen-bond donors (Lipinski definition) is 2. The molecule has 0 radical (unpaired) electrons. The number of nitrogens with one attached hydrogen (secondary N) is 2. The lowest BCUT2D eigenvalue weighted by Crippen LogP contribution is -2.00. The van der Waals surface area contributed by atoms with Crippen molar-refractivity contribution in [1.82, 2.24) is 0 Å². The van der Waals surface area contributed by atoms with Gasteiger partial charge in [0.05, 0.1) is 16.3 Å². The van der Waals surface area contributed by atoms with Gasteiger partial charge in [0.2, 0.25) is 5.71 Å². The van der Waals surface area contributed by atoms with E-state index in [1.165, 1.54) is 18.2 Å². The maximum absolute atomic E-state index is 10.6. The Hall–Kier alpha value is -3.13. The zero-order valence-corrected chi connectivity index (χ0v) is 9.34. The normalized spacial score (nSPS) is 8.61. The molecule has 0 spiro atoms. The summed E-state index contributed by atoms with van der Waals surface area (Å²) in [4.78, 5) is 10.1. The second kappa shape index (κ2) is 5.82. The Labute approximate surface area is 102 Å². The molecule has 1 aromatic rings. The largest absolute Gasteiger partial charge is 0.386 e. The minimum atomic E-state index is -0.524. The van der Waals surface area contributed by atoms with Crippen molar-refractivity contribution < 1.29 is 4.92 Å². The van der Waals surface area contributed by atoms with Crippen molar-refractivity contribution in [2.24, 2.45) is 5.10 Å². The van der Waals surface area contributed by atoms with E-state index in [9.17, 15) is 10.1 Å². The first-order valence-corrected chi connectivity index (χ1v) is 4.72. The lowest BCUT2D eigenvalue weighted by atomic mass is 10.2. The molecule has 18 heavy (non-hydrogen) atoms. The van der Waals surface area contributed by atoms with Crippen LogP contribution in [0.15, 0.2) is 23.3 Å². The zero-order valence-electron chi connectivity index (χ0n) is 9.34. The first-order chi connectivity index (χ1) is 8.62. The summed E-state index contributed by atoms with van der Waals surface area (Å²) in [6, 6.07) is 7.21. The Morgan fingerprint density at radius 3 is 2.56 bits per heavy atom. The third-order valence-corrected chi connectivity index (χ3v) is 1.98. The standard InChI is InChI=1S/C10H8N6O2/c1-13-10-4-8(16(17)18)2-3-9(10)15-14-7(5-11)6-12/h2-4,13,15H,1H3. The van der Waals surface area contributed by atoms with Crippen LogP contribution in [0, 0.1) is 32.8 Å². The van der Waals surface area contributed by atoms with E-state index in [1.54, 1.807) is 19.2 Å². The van der Waals surface area contributed by atoms with Crippen LogP contribution in [0.4, 0.5) is 17.1 Å². The van der Waals surface area contributed by atoms with Gasteiger partial charge in [-0.25, -0.2) is 0 Å². The molecule has 0 aliphatic carbocycles. The van der Waals surface area contributed by atoms with Gasteiger partial charge in [-0.2, -0.15) is 15.6 Å². The molecule has 1 aromatic carbocycles. The van der Waals surface area contributed by atoms with Gasteiger partial charge >= 0.3 is 0 Å². The Bertz CT molecular complexity index is 565. The van der Waals surface area contributed by atoms with Crippen LogP contribution < -0.4 is 10.7 Å². The topological polar surface area (TPSA) is 127 Å². The quantitative estimate of drug-likeness (QED) is 0.468. The van der Waals surface area contributed by atoms with Gasteiger partial charge in [-0.05, 0) is 6.07 Å². The monoisotopic (exact) mass is 244 g/mol. The molecule has 0 aliphatic heterocycles. The fourth-order valence-corrected chi connectivity index (χ4v) is 1.14. The van der Waals surface area contributed by atoms with Crippen LogP contribution in [-0.2, 0) is 0 Å². The highest BCUT2D eigenvalue weighted by Gasteiger charge is 2.09. The highest BCUT2D eigenvalue weighted by Crippen LogP contribution is 2.26. The molecule has 0 heterocycles. The Morgan fingerprint density at radius 2 is 2.06 bits per heavy atom. The summed E-state index contributed by atoms with van der Waals surface area (Å²) < 4.78 is 0. The maximum Gasteiger partial charge on any atom is 0.271 e. The van der Waals surface area contributed by atoms with Gasteiger partial charge < -0.3 is 5.32 Å². The van der Waals surface area contributed by atoms with E-state index in [-0.39, 0.29) is 11.4 Å². The van der Waals surface area contributed by atoms with Crippen LogP contribution in [0.3, 0.4) is 0 Å². The van der Waals surface area contributed by atoms with Crippen LogP contribution in [0.25, 0.3) is 0 Å². The molecular weight excluding hydrogens is 236 g/mol. The minimum absolute atomic E-state index is 0.0744. The molecule has 0 fully saturated rings. The highest BCUT2D eigenvalue weighted by atomic mass is 16.6. The average molecular weight is 244 g/mol. The van der Waals surface area contributed by atoms with Crippen LogP contribution in [0.1, 0.15) is 0 Å². The number of benzene rings is 1. The lowest BCUT2D eigenvalue weighted by molar-refractivity contribution is -0.384. The highest BCUT2D eigenvalue weighted by molar-refractivity contribution is 6.10. The fourth-order valence-electron chi connectivity index (χ4n) is 1.14. The summed E-state index contributed by atoms with van der Waals surface area (Å²) in [6.45, 7) is 0. The van der Waals surface area contributed by atoms with Gasteiger partial charge in [0.1, 0.15) is 12.1 Å². The first-order valence-electron chi connectivity index (χ1n) is 4.72. The molecule has 0 aromatic heterocycles. The second-order valence-electron chi connectivity index (χ2n) is 3.03. The molecule has 90 valence electrons. The number of nitro benzene ring substituents is 1. The predicted molar refractivity (Wildman–Crippen MR) is 64.9 cm³/mol. The number of nitriles is 2. The Kier molecular flexibility index (Phi) is 4.18. The smallest absolute Gasteiger partial charge is 0.271 e. The van der Waals surface area contributed by atoms with E-state index < -0.39 is 4.92 Å². The van der Waals surface area contributed by atoms with Crippen molar-refractivity contribution in [2.45, 2.75) is 0 Å². The van der Waals surface area contributed by atoms with E-state index in [0.717, 1.165) is 0 Å². The summed E-state index contributed by atoms with van der Waals surface area (Å²) in [5, 5.41) is 33.9. The molecule has 8 heteroatoms. The van der Waals surface area contributed by atoms with Gasteiger partial charge in [0.15, 0.2) is 0 Å². The number of hydrogen-bond acceptors (Lipinski definition) is 7. The summed E-state index contributed by atoms with van der Waals surface area (Å²) >= 11 is 0. The van der Waals surface area contributed by atoms with Crippen molar-refractivity contribution in [3.63, 3.8) is 0 Å². The summed E-state index contributed by atoms with van der Waals surface area (Å²) in [5.74, 6) is 0. The van der Waals surface area contributed by atoms with E-state index in [4.69, 9.17) is 10.5 Å². The molecule has 0 atom stereocenters. The molecule has 0 bridgehead atoms. The van der Waals surface area contributed by atoms with E-state index in [1.807, 2.05) is 0 Å². The van der Waals surface area contributed by atoms with Crippen molar-refractivity contribution in [3.8, 4) is 12.1 Å². The van der Waals surface area contributed by atoms with Crippen molar-refractivity contribution in [1.29, 1.82) is 10.5 Å². The SMILES string of the molecule is CNc1cc([N+](=O)[O-])ccc1NN=C(C#N)C#N. The van der Waals surface area contributed by atoms with Gasteiger partial charge in [0, 0.05) is 19.2 Å². The van der Waals surface area contributed by atoms with Gasteiger partial charge in [0.25, 0.3) is 5.69 Å². The Balaban J connectivity index is 3.05. The molecule has 0 aliphatic rings. The molecule has 0 saturated carbocycles. The number of rotatable bonds is 4. The summed E-state index contributed by atoms with van der Waals surface area (Å²) in [6.07, 6.45) is 0. The lowest BCUT2D eigenvalue weighted by Gasteiger charge is -2.07. The number of non-ortho nitro benzene ring substituents is 1. The second-order valence-corrected chi connectivity index (χ2v) is 3.03. The van der Waals surface area contributed by atoms with Gasteiger partial charge in [-0.1, -0.05) is 0 Å². The number of anilines is 2. The number of hydrazone groups is 1. The maximum atomic E-state index is 10.6. The molecule has 0 unspecified atom stereocenters. The van der Waals surface area contributed by atoms with Gasteiger partial charge in [-0.3, -0.25) is 15.5 Å². The summed E-state index contributed by atoms with van der Waals surface area (Å²) in [7, 11) is 1.59. The van der Waals surface area contributed by atoms with Crippen molar-refractivity contribution in [2.75, 3.05) is 17.8 Å². The average Bonchev–Trinajstić information content (AvgIpc) is 2.39. The van der Waals surface area contributed by atoms with E-state index >= 15 is 0 Å². The van der Waals surface area contributed by atoms with Crippen LogP contribution in [-0.4, -0.2) is 17.7 Å². The zero-order chi connectivity index (χ0) is 13.5. The van der Waals surface area contributed by atoms with Crippen molar-refractivity contribution >= 4 is 22.8 Å². The van der Waals surface area contributed by atoms with Crippen LogP contribution >= 0.6 is 0 Å². The molecule has 2 N–H and O–H groups in total. The first kappa shape index (κ1) is 12.9. The molecular formula is C10H8N6O2. The molecule has 0 amide bonds. The number of nitro groups is 1. The third kappa shape index (κ3) is 2.93. The molecule has 0 saturated heterocycles. The van der Waals surface area contributed by atoms with Crippen LogP contribution in [0.2, 0.25) is 0 Å². The predicted octanol–water partition coefficient (Wildman–Crippen LogP) is 1.45. The molecule has 8 nitrogen and oxygen atoms in total. The van der Waals surface area contributed by atoms with E-state index in [2.05, 4.69) is 15.8 Å². The number of nitrogens with zero attached hydrogens (tertiary/aromatic N) is 4. The summed E-state index contributed by atoms with van der Waals surface area (Å²) in [5.41, 5.74) is 2.93. The molecule has 1 rings (SSSR count).